The van der Waals surface area contributed by atoms with Crippen molar-refractivity contribution < 1.29 is 28.0 Å². The molecule has 0 bridgehead atoms. The molecule has 0 N–H and O–H groups in total. The fourth-order valence-corrected chi connectivity index (χ4v) is 3.18. The summed E-state index contributed by atoms with van der Waals surface area (Å²) in [6, 6.07) is 6.95. The van der Waals surface area contributed by atoms with Gasteiger partial charge < -0.3 is 14.5 Å². The van der Waals surface area contributed by atoms with Crippen LogP contribution in [0.15, 0.2) is 36.4 Å². The molecule has 0 unspecified atom stereocenters. The van der Waals surface area contributed by atoms with Crippen molar-refractivity contribution in [2.24, 2.45) is 0 Å². The Morgan fingerprint density at radius 1 is 0.967 bits per heavy atom. The van der Waals surface area contributed by atoms with Crippen LogP contribution < -0.4 is 4.74 Å². The molecule has 2 aromatic rings. The highest BCUT2D eigenvalue weighted by Crippen LogP contribution is 2.28. The first-order chi connectivity index (χ1) is 14.3. The van der Waals surface area contributed by atoms with E-state index in [1.54, 1.807) is 6.92 Å². The Morgan fingerprint density at radius 2 is 1.50 bits per heavy atom. The Kier molecular flexibility index (Phi) is 6.24. The van der Waals surface area contributed by atoms with E-state index in [4.69, 9.17) is 4.74 Å². The summed E-state index contributed by atoms with van der Waals surface area (Å²) in [4.78, 5) is 38.8. The smallest absolute Gasteiger partial charge is 0.311 e. The molecule has 10 heteroatoms. The van der Waals surface area contributed by atoms with Gasteiger partial charge in [-0.05, 0) is 37.3 Å². The Morgan fingerprint density at radius 3 is 2.00 bits per heavy atom. The van der Waals surface area contributed by atoms with Gasteiger partial charge >= 0.3 is 5.69 Å². The van der Waals surface area contributed by atoms with Crippen molar-refractivity contribution in [1.29, 1.82) is 0 Å². The van der Waals surface area contributed by atoms with Crippen LogP contribution >= 0.6 is 0 Å². The maximum atomic E-state index is 13.4. The molecule has 2 amide bonds. The summed E-state index contributed by atoms with van der Waals surface area (Å²) in [6.07, 6.45) is 0. The number of carbonyl (C=O) groups is 2. The van der Waals surface area contributed by atoms with Gasteiger partial charge in [-0.25, -0.2) is 8.78 Å². The van der Waals surface area contributed by atoms with Crippen LogP contribution in [0, 0.1) is 21.7 Å². The van der Waals surface area contributed by atoms with Crippen molar-refractivity contribution in [2.45, 2.75) is 6.92 Å². The zero-order valence-electron chi connectivity index (χ0n) is 16.1. The van der Waals surface area contributed by atoms with E-state index in [1.165, 1.54) is 34.1 Å². The topological polar surface area (TPSA) is 93.0 Å². The van der Waals surface area contributed by atoms with Crippen LogP contribution in [0.25, 0.3) is 0 Å². The lowest BCUT2D eigenvalue weighted by Gasteiger charge is -2.34. The van der Waals surface area contributed by atoms with Gasteiger partial charge in [0.2, 0.25) is 0 Å². The van der Waals surface area contributed by atoms with Gasteiger partial charge in [0.15, 0.2) is 17.4 Å². The summed E-state index contributed by atoms with van der Waals surface area (Å²) in [7, 11) is 0. The molecule has 0 aliphatic carbocycles. The minimum absolute atomic E-state index is 0.0239. The van der Waals surface area contributed by atoms with E-state index in [1.807, 2.05) is 0 Å². The van der Waals surface area contributed by atoms with Crippen molar-refractivity contribution in [3.8, 4) is 5.75 Å². The molecule has 158 valence electrons. The number of benzene rings is 2. The number of halogens is 2. The average Bonchev–Trinajstić information content (AvgIpc) is 2.75. The van der Waals surface area contributed by atoms with Crippen molar-refractivity contribution in [3.63, 3.8) is 0 Å². The monoisotopic (exact) mass is 419 g/mol. The second-order valence-electron chi connectivity index (χ2n) is 6.59. The van der Waals surface area contributed by atoms with Gasteiger partial charge in [-0.15, -0.1) is 0 Å². The third-order valence-corrected chi connectivity index (χ3v) is 4.72. The number of ether oxygens (including phenoxy) is 1. The highest BCUT2D eigenvalue weighted by atomic mass is 19.2. The Bertz CT molecular complexity index is 990. The van der Waals surface area contributed by atoms with Crippen LogP contribution in [0.1, 0.15) is 27.6 Å². The van der Waals surface area contributed by atoms with Crippen molar-refractivity contribution in [1.82, 2.24) is 9.80 Å². The van der Waals surface area contributed by atoms with Crippen LogP contribution in [-0.4, -0.2) is 59.3 Å². The third kappa shape index (κ3) is 4.37. The van der Waals surface area contributed by atoms with Gasteiger partial charge in [0.25, 0.3) is 11.8 Å². The molecule has 0 spiro atoms. The highest BCUT2D eigenvalue weighted by Gasteiger charge is 2.27. The maximum Gasteiger partial charge on any atom is 0.311 e. The predicted molar refractivity (Wildman–Crippen MR) is 102 cm³/mol. The molecule has 30 heavy (non-hydrogen) atoms. The van der Waals surface area contributed by atoms with Gasteiger partial charge in [0.05, 0.1) is 11.5 Å². The number of nitrogens with zero attached hydrogens (tertiary/aromatic N) is 3. The van der Waals surface area contributed by atoms with Gasteiger partial charge in [0.1, 0.15) is 0 Å². The van der Waals surface area contributed by atoms with Crippen molar-refractivity contribution in [3.05, 3.63) is 69.3 Å². The zero-order valence-corrected chi connectivity index (χ0v) is 16.1. The molecule has 1 heterocycles. The normalized spacial score (nSPS) is 13.8. The number of amides is 2. The Hall–Kier alpha value is -3.56. The molecule has 0 saturated carbocycles. The summed E-state index contributed by atoms with van der Waals surface area (Å²) < 4.78 is 31.6. The Balaban J connectivity index is 1.68. The van der Waals surface area contributed by atoms with Crippen LogP contribution in [-0.2, 0) is 0 Å². The lowest BCUT2D eigenvalue weighted by molar-refractivity contribution is -0.385. The van der Waals surface area contributed by atoms with E-state index in [0.29, 0.717) is 0 Å². The molecule has 1 saturated heterocycles. The Labute approximate surface area is 170 Å². The molecule has 3 rings (SSSR count). The second kappa shape index (κ2) is 8.85. The first kappa shape index (κ1) is 21.2. The van der Waals surface area contributed by atoms with E-state index in [2.05, 4.69) is 0 Å². The minimum Gasteiger partial charge on any atom is -0.487 e. The number of hydrogen-bond acceptors (Lipinski definition) is 5. The quantitative estimate of drug-likeness (QED) is 0.549. The maximum absolute atomic E-state index is 13.4. The van der Waals surface area contributed by atoms with Crippen LogP contribution in [0.3, 0.4) is 0 Å². The largest absolute Gasteiger partial charge is 0.487 e. The second-order valence-corrected chi connectivity index (χ2v) is 6.59. The van der Waals surface area contributed by atoms with Gasteiger partial charge in [-0.2, -0.15) is 0 Å². The summed E-state index contributed by atoms with van der Waals surface area (Å²) in [5.41, 5.74) is -0.129. The highest BCUT2D eigenvalue weighted by molar-refractivity contribution is 5.96. The van der Waals surface area contributed by atoms with E-state index in [9.17, 15) is 28.5 Å². The average molecular weight is 419 g/mol. The first-order valence-electron chi connectivity index (χ1n) is 9.26. The molecule has 0 atom stereocenters. The number of piperazine rings is 1. The SMILES string of the molecule is CCOc1ccc(C(=O)N2CCN(C(=O)c3ccc(F)c(F)c3)CC2)cc1[N+](=O)[O-]. The minimum atomic E-state index is -1.10. The fraction of sp³-hybridized carbons (Fsp3) is 0.300. The number of carbonyl (C=O) groups excluding carboxylic acids is 2. The molecule has 0 aromatic heterocycles. The molecule has 1 aliphatic heterocycles. The molecule has 0 radical (unpaired) electrons. The van der Waals surface area contributed by atoms with E-state index in [0.717, 1.165) is 12.1 Å². The fourth-order valence-electron chi connectivity index (χ4n) is 3.18. The lowest BCUT2D eigenvalue weighted by atomic mass is 10.1. The first-order valence-corrected chi connectivity index (χ1v) is 9.26. The number of hydrogen-bond donors (Lipinski definition) is 0. The van der Waals surface area contributed by atoms with Crippen LogP contribution in [0.4, 0.5) is 14.5 Å². The van der Waals surface area contributed by atoms with E-state index < -0.39 is 28.4 Å². The number of nitro groups is 1. The number of nitro benzene ring substituents is 1. The zero-order chi connectivity index (χ0) is 21.8. The molecule has 8 nitrogen and oxygen atoms in total. The molecule has 1 aliphatic rings. The van der Waals surface area contributed by atoms with Crippen molar-refractivity contribution >= 4 is 17.5 Å². The summed E-state index contributed by atoms with van der Waals surface area (Å²) in [5, 5.41) is 11.3. The predicted octanol–water partition coefficient (Wildman–Crippen LogP) is 2.87. The molecule has 2 aromatic carbocycles. The lowest BCUT2D eigenvalue weighted by Crippen LogP contribution is -2.50. The summed E-state index contributed by atoms with van der Waals surface area (Å²) >= 11 is 0. The van der Waals surface area contributed by atoms with Gasteiger partial charge in [0, 0.05) is 43.4 Å². The van der Waals surface area contributed by atoms with E-state index >= 15 is 0 Å². The van der Waals surface area contributed by atoms with Gasteiger partial charge in [-0.1, -0.05) is 0 Å². The van der Waals surface area contributed by atoms with E-state index in [-0.39, 0.29) is 55.3 Å². The third-order valence-electron chi connectivity index (χ3n) is 4.72. The summed E-state index contributed by atoms with van der Waals surface area (Å²) in [6.45, 7) is 2.75. The summed E-state index contributed by atoms with van der Waals surface area (Å²) in [5.74, 6) is -2.92. The molecule has 1 fully saturated rings. The van der Waals surface area contributed by atoms with Crippen LogP contribution in [0.5, 0.6) is 5.75 Å². The standard InChI is InChI=1S/C20H19F2N3O5/c1-2-30-18-6-4-14(12-17(18)25(28)29)20(27)24-9-7-23(8-10-24)19(26)13-3-5-15(21)16(22)11-13/h3-6,11-12H,2,7-10H2,1H3. The van der Waals surface area contributed by atoms with Crippen molar-refractivity contribution in [2.75, 3.05) is 32.8 Å². The molecular formula is C20H19F2N3O5. The molecular weight excluding hydrogens is 400 g/mol. The van der Waals surface area contributed by atoms with Gasteiger partial charge in [-0.3, -0.25) is 19.7 Å². The number of rotatable bonds is 5. The van der Waals surface area contributed by atoms with Crippen LogP contribution in [0.2, 0.25) is 0 Å².